The van der Waals surface area contributed by atoms with Crippen molar-refractivity contribution in [3.8, 4) is 0 Å². The molecule has 0 saturated heterocycles. The Labute approximate surface area is 130 Å². The van der Waals surface area contributed by atoms with Crippen LogP contribution >= 0.6 is 10.9 Å². The number of carbonyl (C=O) groups is 2. The number of thiol groups is 1. The summed E-state index contributed by atoms with van der Waals surface area (Å²) in [5.41, 5.74) is 8.13. The summed E-state index contributed by atoms with van der Waals surface area (Å²) in [4.78, 5) is 26.6. The molecular formula is C18H13NO2S. The van der Waals surface area contributed by atoms with Crippen LogP contribution in [0, 0.1) is 0 Å². The minimum atomic E-state index is -0.692. The maximum atomic E-state index is 12.9. The van der Waals surface area contributed by atoms with E-state index in [-0.39, 0.29) is 11.6 Å². The predicted octanol–water partition coefficient (Wildman–Crippen LogP) is 3.45. The lowest BCUT2D eigenvalue weighted by molar-refractivity contribution is 0.0977. The summed E-state index contributed by atoms with van der Waals surface area (Å²) in [6.45, 7) is 0. The zero-order chi connectivity index (χ0) is 15.3. The first kappa shape index (κ1) is 13.1. The van der Waals surface area contributed by atoms with Gasteiger partial charge in [0, 0.05) is 27.3 Å². The normalized spacial score (nSPS) is 16.8. The van der Waals surface area contributed by atoms with Crippen molar-refractivity contribution < 1.29 is 9.59 Å². The Morgan fingerprint density at radius 3 is 2.00 bits per heavy atom. The van der Waals surface area contributed by atoms with Crippen LogP contribution in [0.15, 0.2) is 64.3 Å². The van der Waals surface area contributed by atoms with Gasteiger partial charge in [-0.05, 0) is 22.9 Å². The van der Waals surface area contributed by atoms with E-state index in [0.29, 0.717) is 27.9 Å². The third-order valence-electron chi connectivity index (χ3n) is 3.97. The number of anilines is 1. The highest BCUT2D eigenvalue weighted by atomic mass is 32.2. The molecule has 22 heavy (non-hydrogen) atoms. The quantitative estimate of drug-likeness (QED) is 0.535. The number of fused-ring (bicyclic) bond motifs is 2. The number of benzene rings is 2. The summed E-state index contributed by atoms with van der Waals surface area (Å²) in [5, 5.41) is 4.14. The summed E-state index contributed by atoms with van der Waals surface area (Å²) in [7, 11) is -0.692. The largest absolute Gasteiger partial charge is 0.398 e. The molecule has 2 aliphatic rings. The second-order valence-electron chi connectivity index (χ2n) is 5.22. The zero-order valence-corrected chi connectivity index (χ0v) is 12.5. The van der Waals surface area contributed by atoms with E-state index in [1.165, 1.54) is 0 Å². The first-order chi connectivity index (χ1) is 10.7. The summed E-state index contributed by atoms with van der Waals surface area (Å²) in [6, 6.07) is 10.5. The Bertz CT molecular complexity index is 884. The number of nitrogen functional groups attached to an aromatic ring is 1. The SMILES string of the molecule is Nc1ccc([SH]2C=CC=C2)c2c1C(=O)c1ccccc1C2=O. The lowest BCUT2D eigenvalue weighted by Gasteiger charge is -2.24. The van der Waals surface area contributed by atoms with E-state index in [9.17, 15) is 9.59 Å². The molecular weight excluding hydrogens is 294 g/mol. The lowest BCUT2D eigenvalue weighted by atomic mass is 9.83. The fraction of sp³-hybridized carbons (Fsp3) is 0. The number of hydrogen-bond donors (Lipinski definition) is 2. The van der Waals surface area contributed by atoms with E-state index in [4.69, 9.17) is 5.73 Å². The predicted molar refractivity (Wildman–Crippen MR) is 89.7 cm³/mol. The van der Waals surface area contributed by atoms with Crippen molar-refractivity contribution in [1.29, 1.82) is 0 Å². The highest BCUT2D eigenvalue weighted by Crippen LogP contribution is 2.47. The number of allylic oxidation sites excluding steroid dienone is 2. The molecule has 108 valence electrons. The van der Waals surface area contributed by atoms with Crippen LogP contribution < -0.4 is 5.73 Å². The van der Waals surface area contributed by atoms with Gasteiger partial charge in [0.15, 0.2) is 11.6 Å². The van der Waals surface area contributed by atoms with E-state index in [1.54, 1.807) is 30.3 Å². The minimum absolute atomic E-state index is 0.108. The Morgan fingerprint density at radius 2 is 1.36 bits per heavy atom. The van der Waals surface area contributed by atoms with Crippen LogP contribution in [-0.2, 0) is 0 Å². The van der Waals surface area contributed by atoms with Gasteiger partial charge >= 0.3 is 0 Å². The Morgan fingerprint density at radius 1 is 0.773 bits per heavy atom. The van der Waals surface area contributed by atoms with Gasteiger partial charge in [-0.3, -0.25) is 9.59 Å². The van der Waals surface area contributed by atoms with Gasteiger partial charge in [-0.2, -0.15) is 10.9 Å². The molecule has 0 spiro atoms. The van der Waals surface area contributed by atoms with Gasteiger partial charge in [-0.15, -0.1) is 0 Å². The molecule has 3 nitrogen and oxygen atoms in total. The molecule has 1 aliphatic heterocycles. The Balaban J connectivity index is 2.03. The number of nitrogens with two attached hydrogens (primary N) is 1. The van der Waals surface area contributed by atoms with E-state index in [2.05, 4.69) is 10.8 Å². The molecule has 1 heterocycles. The molecule has 2 aromatic rings. The maximum Gasteiger partial charge on any atom is 0.196 e. The maximum absolute atomic E-state index is 12.9. The van der Waals surface area contributed by atoms with Crippen LogP contribution in [0.5, 0.6) is 0 Å². The molecule has 2 N–H and O–H groups in total. The molecule has 0 fully saturated rings. The highest BCUT2D eigenvalue weighted by molar-refractivity contribution is 8.22. The third-order valence-corrected chi connectivity index (χ3v) is 5.88. The number of hydrogen-bond acceptors (Lipinski definition) is 3. The van der Waals surface area contributed by atoms with Crippen molar-refractivity contribution >= 4 is 28.1 Å². The second kappa shape index (κ2) is 4.71. The monoisotopic (exact) mass is 307 g/mol. The molecule has 4 heteroatoms. The summed E-state index contributed by atoms with van der Waals surface area (Å²) in [6.07, 6.45) is 3.94. The van der Waals surface area contributed by atoms with E-state index >= 15 is 0 Å². The fourth-order valence-electron chi connectivity index (χ4n) is 2.94. The topological polar surface area (TPSA) is 60.2 Å². The number of rotatable bonds is 1. The standard InChI is InChI=1S/C18H13NO2S/c19-13-7-8-14(22-9-3-4-10-22)16-15(13)17(20)11-5-1-2-6-12(11)18(16)21/h1-10,22H,19H2. The molecule has 1 aliphatic carbocycles. The summed E-state index contributed by atoms with van der Waals surface area (Å²) < 4.78 is 0. The minimum Gasteiger partial charge on any atom is -0.398 e. The highest BCUT2D eigenvalue weighted by Gasteiger charge is 2.33. The first-order valence-electron chi connectivity index (χ1n) is 6.92. The van der Waals surface area contributed by atoms with Gasteiger partial charge in [0.2, 0.25) is 0 Å². The first-order valence-corrected chi connectivity index (χ1v) is 8.40. The van der Waals surface area contributed by atoms with E-state index in [0.717, 1.165) is 4.90 Å². The van der Waals surface area contributed by atoms with Crippen molar-refractivity contribution in [2.75, 3.05) is 5.73 Å². The molecule has 0 unspecified atom stereocenters. The van der Waals surface area contributed by atoms with Gasteiger partial charge < -0.3 is 5.73 Å². The molecule has 0 bridgehead atoms. The number of ketones is 2. The van der Waals surface area contributed by atoms with Crippen LogP contribution in [0.2, 0.25) is 0 Å². The number of carbonyl (C=O) groups excluding carboxylic acids is 2. The summed E-state index contributed by atoms with van der Waals surface area (Å²) >= 11 is 0. The van der Waals surface area contributed by atoms with Gasteiger partial charge in [-0.1, -0.05) is 36.4 Å². The molecule has 0 radical (unpaired) electrons. The Kier molecular flexibility index (Phi) is 2.81. The van der Waals surface area contributed by atoms with Crippen LogP contribution in [0.25, 0.3) is 0 Å². The average Bonchev–Trinajstić information content (AvgIpc) is 3.06. The van der Waals surface area contributed by atoms with E-state index < -0.39 is 10.9 Å². The molecule has 2 aromatic carbocycles. The van der Waals surface area contributed by atoms with Crippen molar-refractivity contribution in [2.45, 2.75) is 4.90 Å². The average molecular weight is 307 g/mol. The van der Waals surface area contributed by atoms with Crippen LogP contribution in [0.1, 0.15) is 31.8 Å². The van der Waals surface area contributed by atoms with Crippen molar-refractivity contribution in [3.05, 3.63) is 81.6 Å². The molecule has 0 aromatic heterocycles. The molecule has 0 atom stereocenters. The van der Waals surface area contributed by atoms with Crippen molar-refractivity contribution in [2.24, 2.45) is 0 Å². The van der Waals surface area contributed by atoms with Crippen LogP contribution in [0.3, 0.4) is 0 Å². The van der Waals surface area contributed by atoms with E-state index in [1.807, 2.05) is 18.2 Å². The van der Waals surface area contributed by atoms with Gasteiger partial charge in [-0.25, -0.2) is 0 Å². The Hall–Kier alpha value is -2.59. The van der Waals surface area contributed by atoms with Gasteiger partial charge in [0.25, 0.3) is 0 Å². The van der Waals surface area contributed by atoms with Crippen molar-refractivity contribution in [3.63, 3.8) is 0 Å². The van der Waals surface area contributed by atoms with Crippen LogP contribution in [0.4, 0.5) is 5.69 Å². The zero-order valence-electron chi connectivity index (χ0n) is 11.6. The van der Waals surface area contributed by atoms with Crippen LogP contribution in [-0.4, -0.2) is 11.6 Å². The summed E-state index contributed by atoms with van der Waals surface area (Å²) in [5.74, 6) is -0.268. The smallest absolute Gasteiger partial charge is 0.196 e. The van der Waals surface area contributed by atoms with Crippen molar-refractivity contribution in [1.82, 2.24) is 0 Å². The molecule has 4 rings (SSSR count). The third kappa shape index (κ3) is 1.71. The van der Waals surface area contributed by atoms with Gasteiger partial charge in [0.1, 0.15) is 0 Å². The molecule has 0 amide bonds. The molecule has 0 saturated carbocycles. The second-order valence-corrected chi connectivity index (χ2v) is 7.11. The lowest BCUT2D eigenvalue weighted by Crippen LogP contribution is -2.23. The van der Waals surface area contributed by atoms with Gasteiger partial charge in [0.05, 0.1) is 5.56 Å². The fourth-order valence-corrected chi connectivity index (χ4v) is 4.65.